The van der Waals surface area contributed by atoms with Crippen LogP contribution in [0.4, 0.5) is 0 Å². The number of rotatable bonds is 5. The van der Waals surface area contributed by atoms with E-state index in [0.29, 0.717) is 17.5 Å². The second kappa shape index (κ2) is 6.12. The summed E-state index contributed by atoms with van der Waals surface area (Å²) in [6.07, 6.45) is 1.94. The summed E-state index contributed by atoms with van der Waals surface area (Å²) in [5.41, 5.74) is 0.898. The maximum Gasteiger partial charge on any atom is 0.0749 e. The number of thiophene rings is 1. The Kier molecular flexibility index (Phi) is 4.75. The van der Waals surface area contributed by atoms with E-state index in [1.807, 2.05) is 28.4 Å². The molecule has 0 saturated carbocycles. The van der Waals surface area contributed by atoms with Crippen molar-refractivity contribution in [2.45, 2.75) is 31.4 Å². The van der Waals surface area contributed by atoms with Crippen molar-refractivity contribution in [1.29, 1.82) is 0 Å². The van der Waals surface area contributed by atoms with Gasteiger partial charge in [-0.3, -0.25) is 8.89 Å². The molecule has 2 aromatic heterocycles. The summed E-state index contributed by atoms with van der Waals surface area (Å²) in [5.74, 6) is 1.11. The SMILES string of the molecule is CC(C)n1ccc(C[S@](=O)Cc2sccc2Br)n1. The first kappa shape index (κ1) is 14.0. The highest BCUT2D eigenvalue weighted by Gasteiger charge is 2.10. The third kappa shape index (κ3) is 3.52. The van der Waals surface area contributed by atoms with Crippen LogP contribution in [0.2, 0.25) is 0 Å². The Morgan fingerprint density at radius 1 is 1.44 bits per heavy atom. The fourth-order valence-corrected chi connectivity index (χ4v) is 4.69. The van der Waals surface area contributed by atoms with Crippen molar-refractivity contribution >= 4 is 38.1 Å². The summed E-state index contributed by atoms with van der Waals surface area (Å²) in [6.45, 7) is 4.16. The lowest BCUT2D eigenvalue weighted by Crippen LogP contribution is -2.04. The fraction of sp³-hybridized carbons (Fsp3) is 0.417. The van der Waals surface area contributed by atoms with Crippen LogP contribution < -0.4 is 0 Å². The maximum absolute atomic E-state index is 12.1. The van der Waals surface area contributed by atoms with Gasteiger partial charge >= 0.3 is 0 Å². The van der Waals surface area contributed by atoms with Gasteiger partial charge in [0, 0.05) is 32.4 Å². The smallest absolute Gasteiger partial charge is 0.0749 e. The quantitative estimate of drug-likeness (QED) is 0.826. The van der Waals surface area contributed by atoms with Crippen molar-refractivity contribution in [3.05, 3.63) is 38.8 Å². The molecule has 6 heteroatoms. The summed E-state index contributed by atoms with van der Waals surface area (Å²) >= 11 is 5.09. The standard InChI is InChI=1S/C12H15BrN2OS2/c1-9(2)15-5-3-10(14-15)7-18(16)8-12-11(13)4-6-17-12/h3-6,9H,7-8H2,1-2H3/t18-/m0/s1. The van der Waals surface area contributed by atoms with E-state index >= 15 is 0 Å². The Balaban J connectivity index is 1.97. The van der Waals surface area contributed by atoms with E-state index in [2.05, 4.69) is 34.9 Å². The molecule has 0 aliphatic heterocycles. The lowest BCUT2D eigenvalue weighted by atomic mass is 10.4. The maximum atomic E-state index is 12.1. The third-order valence-corrected chi connectivity index (χ3v) is 5.82. The summed E-state index contributed by atoms with van der Waals surface area (Å²) in [6, 6.07) is 4.28. The minimum atomic E-state index is -0.906. The predicted molar refractivity (Wildman–Crippen MR) is 80.2 cm³/mol. The van der Waals surface area contributed by atoms with E-state index in [1.54, 1.807) is 11.3 Å². The van der Waals surface area contributed by atoms with Crippen LogP contribution in [0.25, 0.3) is 0 Å². The van der Waals surface area contributed by atoms with Gasteiger partial charge in [0.25, 0.3) is 0 Å². The van der Waals surface area contributed by atoms with E-state index in [-0.39, 0.29) is 0 Å². The van der Waals surface area contributed by atoms with Crippen LogP contribution in [0, 0.1) is 0 Å². The van der Waals surface area contributed by atoms with Gasteiger partial charge in [0.2, 0.25) is 0 Å². The summed E-state index contributed by atoms with van der Waals surface area (Å²) in [7, 11) is -0.906. The average molecular weight is 347 g/mol. The van der Waals surface area contributed by atoms with Gasteiger partial charge in [-0.25, -0.2) is 0 Å². The van der Waals surface area contributed by atoms with Crippen molar-refractivity contribution < 1.29 is 4.21 Å². The summed E-state index contributed by atoms with van der Waals surface area (Å²) in [4.78, 5) is 1.14. The van der Waals surface area contributed by atoms with E-state index in [9.17, 15) is 4.21 Å². The van der Waals surface area contributed by atoms with Gasteiger partial charge in [-0.1, -0.05) is 0 Å². The first-order valence-corrected chi connectivity index (χ1v) is 8.83. The van der Waals surface area contributed by atoms with Gasteiger partial charge < -0.3 is 0 Å². The topological polar surface area (TPSA) is 34.9 Å². The molecule has 0 bridgehead atoms. The molecule has 0 aliphatic rings. The van der Waals surface area contributed by atoms with Crippen LogP contribution in [0.5, 0.6) is 0 Å². The minimum absolute atomic E-state index is 0.346. The third-order valence-electron chi connectivity index (χ3n) is 2.48. The van der Waals surface area contributed by atoms with Crippen molar-refractivity contribution in [3.8, 4) is 0 Å². The fourth-order valence-electron chi connectivity index (χ4n) is 1.53. The lowest BCUT2D eigenvalue weighted by molar-refractivity contribution is 0.528. The number of hydrogen-bond acceptors (Lipinski definition) is 3. The molecular formula is C12H15BrN2OS2. The second-order valence-corrected chi connectivity index (χ2v) is 7.61. The first-order valence-electron chi connectivity index (χ1n) is 5.67. The molecule has 0 fully saturated rings. The molecular weight excluding hydrogens is 332 g/mol. The highest BCUT2D eigenvalue weighted by Crippen LogP contribution is 2.24. The molecule has 98 valence electrons. The average Bonchev–Trinajstić information content (AvgIpc) is 2.89. The molecule has 0 aromatic carbocycles. The van der Waals surface area contributed by atoms with Crippen LogP contribution in [-0.4, -0.2) is 14.0 Å². The summed E-state index contributed by atoms with van der Waals surface area (Å²) in [5, 5.41) is 6.42. The lowest BCUT2D eigenvalue weighted by Gasteiger charge is -2.03. The van der Waals surface area contributed by atoms with Crippen LogP contribution in [0.3, 0.4) is 0 Å². The van der Waals surface area contributed by atoms with Crippen molar-refractivity contribution in [3.63, 3.8) is 0 Å². The number of nitrogens with zero attached hydrogens (tertiary/aromatic N) is 2. The molecule has 0 radical (unpaired) electrons. The summed E-state index contributed by atoms with van der Waals surface area (Å²) < 4.78 is 15.0. The predicted octanol–water partition coefficient (Wildman–Crippen LogP) is 3.74. The minimum Gasteiger partial charge on any atom is -0.270 e. The molecule has 2 rings (SSSR count). The van der Waals surface area contributed by atoms with Gasteiger partial charge in [0.15, 0.2) is 0 Å². The molecule has 0 unspecified atom stereocenters. The van der Waals surface area contributed by atoms with Crippen LogP contribution in [-0.2, 0) is 22.3 Å². The van der Waals surface area contributed by atoms with Gasteiger partial charge in [-0.2, -0.15) is 5.10 Å². The van der Waals surface area contributed by atoms with Crippen molar-refractivity contribution in [1.82, 2.24) is 9.78 Å². The first-order chi connectivity index (χ1) is 8.56. The van der Waals surface area contributed by atoms with Crippen LogP contribution >= 0.6 is 27.3 Å². The monoisotopic (exact) mass is 346 g/mol. The zero-order chi connectivity index (χ0) is 13.1. The molecule has 0 amide bonds. The Morgan fingerprint density at radius 2 is 2.22 bits per heavy atom. The molecule has 2 aromatic rings. The van der Waals surface area contributed by atoms with E-state index in [0.717, 1.165) is 15.0 Å². The molecule has 2 heterocycles. The van der Waals surface area contributed by atoms with E-state index in [1.165, 1.54) is 0 Å². The van der Waals surface area contributed by atoms with Gasteiger partial charge in [0.1, 0.15) is 0 Å². The highest BCUT2D eigenvalue weighted by atomic mass is 79.9. The molecule has 0 aliphatic carbocycles. The van der Waals surface area contributed by atoms with Crippen molar-refractivity contribution in [2.24, 2.45) is 0 Å². The number of halogens is 1. The molecule has 18 heavy (non-hydrogen) atoms. The molecule has 0 N–H and O–H groups in total. The van der Waals surface area contributed by atoms with Crippen LogP contribution in [0.1, 0.15) is 30.5 Å². The Labute approximate surface area is 122 Å². The molecule has 3 nitrogen and oxygen atoms in total. The van der Waals surface area contributed by atoms with E-state index < -0.39 is 10.8 Å². The zero-order valence-corrected chi connectivity index (χ0v) is 13.5. The van der Waals surface area contributed by atoms with Gasteiger partial charge in [0.05, 0.1) is 17.2 Å². The van der Waals surface area contributed by atoms with Crippen LogP contribution in [0.15, 0.2) is 28.2 Å². The highest BCUT2D eigenvalue weighted by molar-refractivity contribution is 9.10. The second-order valence-electron chi connectivity index (χ2n) is 4.30. The Bertz CT molecular complexity index is 548. The normalized spacial score (nSPS) is 13.1. The number of aromatic nitrogens is 2. The molecule has 1 atom stereocenters. The van der Waals surface area contributed by atoms with Crippen molar-refractivity contribution in [2.75, 3.05) is 0 Å². The molecule has 0 saturated heterocycles. The largest absolute Gasteiger partial charge is 0.270 e. The molecule has 0 spiro atoms. The Morgan fingerprint density at radius 3 is 2.78 bits per heavy atom. The van der Waals surface area contributed by atoms with Gasteiger partial charge in [-0.15, -0.1) is 11.3 Å². The zero-order valence-electron chi connectivity index (χ0n) is 10.3. The Hall–Kier alpha value is -0.460. The number of hydrogen-bond donors (Lipinski definition) is 0. The van der Waals surface area contributed by atoms with E-state index in [4.69, 9.17) is 0 Å². The van der Waals surface area contributed by atoms with Gasteiger partial charge in [-0.05, 0) is 47.3 Å².